The van der Waals surface area contributed by atoms with Gasteiger partial charge in [0.15, 0.2) is 0 Å². The van der Waals surface area contributed by atoms with E-state index in [1.54, 1.807) is 0 Å². The summed E-state index contributed by atoms with van der Waals surface area (Å²) >= 11 is 0. The number of sulfonamides is 1. The van der Waals surface area contributed by atoms with Gasteiger partial charge in [0.05, 0.1) is 18.5 Å². The fraction of sp³-hybridized carbons (Fsp3) is 0.964. The molecule has 0 radical (unpaired) electrons. The molecule has 4 rings (SSSR count). The molecule has 0 aliphatic heterocycles. The average Bonchev–Trinajstić information content (AvgIpc) is 3.11. The highest BCUT2D eigenvalue weighted by molar-refractivity contribution is 7.89. The molecule has 4 aliphatic rings. The van der Waals surface area contributed by atoms with Gasteiger partial charge < -0.3 is 10.2 Å². The first-order valence-corrected chi connectivity index (χ1v) is 16.0. The lowest BCUT2D eigenvalue weighted by atomic mass is 9.41. The molecule has 3 N–H and O–H groups in total. The molecule has 4 fully saturated rings. The van der Waals surface area contributed by atoms with Crippen LogP contribution < -0.4 is 4.72 Å². The van der Waals surface area contributed by atoms with Gasteiger partial charge in [-0.25, -0.2) is 8.42 Å². The van der Waals surface area contributed by atoms with E-state index in [1.807, 2.05) is 6.92 Å². The Kier molecular flexibility index (Phi) is 7.49. The van der Waals surface area contributed by atoms with Crippen molar-refractivity contribution in [3.05, 3.63) is 0 Å². The van der Waals surface area contributed by atoms with E-state index in [-0.39, 0.29) is 34.9 Å². The normalized spacial score (nSPS) is 47.2. The minimum Gasteiger partial charge on any atom is -0.393 e. The van der Waals surface area contributed by atoms with Gasteiger partial charge in [-0.15, -0.1) is 0 Å². The van der Waals surface area contributed by atoms with Crippen LogP contribution in [0.5, 0.6) is 0 Å². The Balaban J connectivity index is 1.54. The largest absolute Gasteiger partial charge is 0.393 e. The van der Waals surface area contributed by atoms with Crippen LogP contribution in [0.15, 0.2) is 0 Å². The van der Waals surface area contributed by atoms with Crippen LogP contribution in [0.4, 0.5) is 0 Å². The number of carbonyl (C=O) groups is 1. The molecular weight excluding hydrogens is 462 g/mol. The summed E-state index contributed by atoms with van der Waals surface area (Å²) in [5.41, 5.74) is 0.345. The standard InChI is InChI=1S/C28H49NO5S/c1-7-19-23-15-18(30)10-12-28(23,5)22-11-13-27(4)20(8-9-21(27)24(22)25(19)31)16(2)14-17(3)26(32)29-35(6,33)34/h16-25,30-31H,7-15H2,1-6H3,(H,29,32)/t16-,17-,18-,19-,20-,21+,22+,23+,24+,25-,27-,28-/m1/s1. The maximum atomic E-state index is 12.4. The Hall–Kier alpha value is -0.660. The molecule has 202 valence electrons. The molecule has 12 atom stereocenters. The number of aliphatic hydroxyl groups is 2. The van der Waals surface area contributed by atoms with Crippen LogP contribution in [-0.4, -0.2) is 43.0 Å². The molecule has 1 amide bonds. The lowest BCUT2D eigenvalue weighted by Gasteiger charge is -2.64. The number of rotatable bonds is 6. The Morgan fingerprint density at radius 2 is 1.63 bits per heavy atom. The maximum absolute atomic E-state index is 12.4. The van der Waals surface area contributed by atoms with Crippen LogP contribution in [0.1, 0.15) is 92.4 Å². The zero-order chi connectivity index (χ0) is 25.9. The van der Waals surface area contributed by atoms with Crippen LogP contribution in [0.2, 0.25) is 0 Å². The highest BCUT2D eigenvalue weighted by atomic mass is 32.2. The molecule has 7 heteroatoms. The average molecular weight is 512 g/mol. The molecule has 6 nitrogen and oxygen atoms in total. The fourth-order valence-electron chi connectivity index (χ4n) is 10.0. The molecule has 4 aliphatic carbocycles. The van der Waals surface area contributed by atoms with Crippen molar-refractivity contribution in [1.82, 2.24) is 4.72 Å². The van der Waals surface area contributed by atoms with Gasteiger partial charge in [-0.1, -0.05) is 41.0 Å². The van der Waals surface area contributed by atoms with E-state index >= 15 is 0 Å². The number of nitrogens with one attached hydrogen (secondary N) is 1. The molecule has 0 aromatic rings. The summed E-state index contributed by atoms with van der Waals surface area (Å²) in [6.07, 6.45) is 9.49. The highest BCUT2D eigenvalue weighted by Crippen LogP contribution is 2.69. The van der Waals surface area contributed by atoms with E-state index in [2.05, 4.69) is 32.4 Å². The molecule has 35 heavy (non-hydrogen) atoms. The van der Waals surface area contributed by atoms with Crippen molar-refractivity contribution in [3.8, 4) is 0 Å². The molecule has 0 aromatic heterocycles. The first kappa shape index (κ1) is 27.4. The van der Waals surface area contributed by atoms with E-state index in [0.717, 1.165) is 57.6 Å². The van der Waals surface area contributed by atoms with Crippen LogP contribution >= 0.6 is 0 Å². The third kappa shape index (κ3) is 4.71. The lowest BCUT2D eigenvalue weighted by Crippen LogP contribution is -2.62. The molecule has 0 aromatic carbocycles. The van der Waals surface area contributed by atoms with Crippen molar-refractivity contribution in [3.63, 3.8) is 0 Å². The summed E-state index contributed by atoms with van der Waals surface area (Å²) in [5.74, 6) is 2.03. The predicted octanol–water partition coefficient (Wildman–Crippen LogP) is 4.35. The SMILES string of the molecule is CC[C@H]1[C@@H](O)[C@@H]2[C@H](CC[C@]3(C)[C@@H]([C@H](C)C[C@@H](C)C(=O)NS(C)(=O)=O)CC[C@@H]23)[C@@]2(C)CC[C@@H](O)C[C@@H]12. The van der Waals surface area contributed by atoms with Gasteiger partial charge in [-0.3, -0.25) is 9.52 Å². The van der Waals surface area contributed by atoms with Crippen molar-refractivity contribution in [2.45, 2.75) is 105 Å². The Bertz CT molecular complexity index is 907. The summed E-state index contributed by atoms with van der Waals surface area (Å²) in [7, 11) is -3.54. The van der Waals surface area contributed by atoms with Crippen LogP contribution in [0.3, 0.4) is 0 Å². The van der Waals surface area contributed by atoms with Crippen molar-refractivity contribution >= 4 is 15.9 Å². The third-order valence-electron chi connectivity index (χ3n) is 11.6. The third-order valence-corrected chi connectivity index (χ3v) is 12.2. The molecule has 0 spiro atoms. The van der Waals surface area contributed by atoms with Crippen molar-refractivity contribution < 1.29 is 23.4 Å². The second kappa shape index (κ2) is 9.58. The zero-order valence-electron chi connectivity index (χ0n) is 22.7. The fourth-order valence-corrected chi connectivity index (χ4v) is 10.6. The van der Waals surface area contributed by atoms with E-state index < -0.39 is 15.9 Å². The van der Waals surface area contributed by atoms with Crippen LogP contribution in [0, 0.1) is 58.2 Å². The van der Waals surface area contributed by atoms with E-state index in [9.17, 15) is 23.4 Å². The van der Waals surface area contributed by atoms with Crippen molar-refractivity contribution in [1.29, 1.82) is 0 Å². The number of carbonyl (C=O) groups excluding carboxylic acids is 1. The summed E-state index contributed by atoms with van der Waals surface area (Å²) in [6.45, 7) is 11.2. The van der Waals surface area contributed by atoms with Crippen molar-refractivity contribution in [2.75, 3.05) is 6.26 Å². The number of hydrogen-bond acceptors (Lipinski definition) is 5. The molecule has 0 saturated heterocycles. The Morgan fingerprint density at radius 1 is 1.00 bits per heavy atom. The molecule has 0 bridgehead atoms. The minimum absolute atomic E-state index is 0.143. The highest BCUT2D eigenvalue weighted by Gasteiger charge is 2.64. The molecule has 0 unspecified atom stereocenters. The summed E-state index contributed by atoms with van der Waals surface area (Å²) in [4.78, 5) is 12.4. The lowest BCUT2D eigenvalue weighted by molar-refractivity contribution is -0.203. The van der Waals surface area contributed by atoms with Crippen LogP contribution in [-0.2, 0) is 14.8 Å². The number of fused-ring (bicyclic) bond motifs is 5. The summed E-state index contributed by atoms with van der Waals surface area (Å²) in [5, 5.41) is 22.3. The maximum Gasteiger partial charge on any atom is 0.236 e. The van der Waals surface area contributed by atoms with Gasteiger partial charge in [0.1, 0.15) is 0 Å². The number of amides is 1. The van der Waals surface area contributed by atoms with Gasteiger partial charge in [0.25, 0.3) is 0 Å². The second-order valence-corrected chi connectivity index (χ2v) is 15.2. The van der Waals surface area contributed by atoms with E-state index in [1.165, 1.54) is 0 Å². The molecular formula is C28H49NO5S. The van der Waals surface area contributed by atoms with Gasteiger partial charge >= 0.3 is 0 Å². The van der Waals surface area contributed by atoms with E-state index in [0.29, 0.717) is 41.9 Å². The summed E-state index contributed by atoms with van der Waals surface area (Å²) < 4.78 is 25.2. The number of aliphatic hydroxyl groups excluding tert-OH is 2. The van der Waals surface area contributed by atoms with Crippen molar-refractivity contribution in [2.24, 2.45) is 58.2 Å². The summed E-state index contributed by atoms with van der Waals surface area (Å²) in [6, 6.07) is 0. The number of hydrogen-bond donors (Lipinski definition) is 3. The second-order valence-electron chi connectivity index (χ2n) is 13.5. The van der Waals surface area contributed by atoms with E-state index in [4.69, 9.17) is 0 Å². The minimum atomic E-state index is -3.54. The molecule has 4 saturated carbocycles. The van der Waals surface area contributed by atoms with Crippen LogP contribution in [0.25, 0.3) is 0 Å². The monoisotopic (exact) mass is 511 g/mol. The first-order valence-electron chi connectivity index (χ1n) is 14.1. The first-order chi connectivity index (χ1) is 16.2. The zero-order valence-corrected chi connectivity index (χ0v) is 23.5. The predicted molar refractivity (Wildman–Crippen MR) is 138 cm³/mol. The smallest absolute Gasteiger partial charge is 0.236 e. The Morgan fingerprint density at radius 3 is 2.26 bits per heavy atom. The van der Waals surface area contributed by atoms with Gasteiger partial charge in [0.2, 0.25) is 15.9 Å². The quantitative estimate of drug-likeness (QED) is 0.492. The van der Waals surface area contributed by atoms with Gasteiger partial charge in [0, 0.05) is 5.92 Å². The van der Waals surface area contributed by atoms with Gasteiger partial charge in [-0.05, 0) is 104 Å². The molecule has 0 heterocycles. The van der Waals surface area contributed by atoms with Gasteiger partial charge in [-0.2, -0.15) is 0 Å². The Labute approximate surface area is 213 Å². The topological polar surface area (TPSA) is 104 Å².